The van der Waals surface area contributed by atoms with Gasteiger partial charge in [-0.05, 0) is 81.0 Å². The van der Waals surface area contributed by atoms with Crippen LogP contribution < -0.4 is 5.32 Å². The third-order valence-corrected chi connectivity index (χ3v) is 6.39. The van der Waals surface area contributed by atoms with Crippen LogP contribution >= 0.6 is 23.4 Å². The Labute approximate surface area is 225 Å². The predicted octanol–water partition coefficient (Wildman–Crippen LogP) is 8.34. The second-order valence-electron chi connectivity index (χ2n) is 8.20. The molecule has 2 atom stereocenters. The molecule has 0 saturated carbocycles. The highest BCUT2D eigenvalue weighted by atomic mass is 35.5. The second-order valence-corrected chi connectivity index (χ2v) is 9.64. The van der Waals surface area contributed by atoms with Crippen LogP contribution in [-0.4, -0.2) is 43.6 Å². The smallest absolute Gasteiger partial charge is 0.141 e. The van der Waals surface area contributed by atoms with Gasteiger partial charge >= 0.3 is 0 Å². The summed E-state index contributed by atoms with van der Waals surface area (Å²) in [7, 11) is 1.99. The molecule has 1 fully saturated rings. The van der Waals surface area contributed by atoms with Crippen molar-refractivity contribution < 1.29 is 8.78 Å². The molecule has 7 heteroatoms. The molecular formula is C29H40ClF2N3S. The third-order valence-electron chi connectivity index (χ3n) is 5.28. The van der Waals surface area contributed by atoms with Gasteiger partial charge in [0.05, 0.1) is 6.54 Å². The van der Waals surface area contributed by atoms with E-state index in [1.807, 2.05) is 51.5 Å². The van der Waals surface area contributed by atoms with Crippen LogP contribution in [0.5, 0.6) is 0 Å². The number of thioether (sulfide) groups is 1. The number of nitrogens with one attached hydrogen (secondary N) is 1. The Balaban J connectivity index is 0.000000543. The van der Waals surface area contributed by atoms with Gasteiger partial charge in [-0.1, -0.05) is 74.7 Å². The lowest BCUT2D eigenvalue weighted by molar-refractivity contribution is 0.365. The van der Waals surface area contributed by atoms with Crippen molar-refractivity contribution >= 4 is 29.2 Å². The summed E-state index contributed by atoms with van der Waals surface area (Å²) in [6.45, 7) is 18.5. The van der Waals surface area contributed by atoms with Gasteiger partial charge in [0.1, 0.15) is 17.8 Å². The van der Waals surface area contributed by atoms with Crippen LogP contribution in [0.3, 0.4) is 0 Å². The van der Waals surface area contributed by atoms with Crippen LogP contribution in [0.4, 0.5) is 8.78 Å². The van der Waals surface area contributed by atoms with E-state index in [4.69, 9.17) is 16.6 Å². The number of benzene rings is 1. The van der Waals surface area contributed by atoms with Gasteiger partial charge in [-0.15, -0.1) is 0 Å². The molecule has 2 aliphatic heterocycles. The van der Waals surface area contributed by atoms with E-state index in [0.717, 1.165) is 35.8 Å². The maximum atomic E-state index is 13.0. The molecule has 36 heavy (non-hydrogen) atoms. The summed E-state index contributed by atoms with van der Waals surface area (Å²) in [6, 6.07) is 5.82. The minimum absolute atomic E-state index is 0.294. The Morgan fingerprint density at radius 2 is 2.08 bits per heavy atom. The van der Waals surface area contributed by atoms with Gasteiger partial charge in [0.15, 0.2) is 0 Å². The quantitative estimate of drug-likeness (QED) is 0.322. The van der Waals surface area contributed by atoms with Gasteiger partial charge in [0, 0.05) is 22.2 Å². The van der Waals surface area contributed by atoms with Crippen molar-refractivity contribution in [3.63, 3.8) is 0 Å². The normalized spacial score (nSPS) is 17.7. The maximum absolute atomic E-state index is 13.0. The summed E-state index contributed by atoms with van der Waals surface area (Å²) in [5.74, 6) is 1.22. The number of hydrogen-bond acceptors (Lipinski definition) is 4. The monoisotopic (exact) mass is 535 g/mol. The largest absolute Gasteiger partial charge is 0.329 e. The van der Waals surface area contributed by atoms with E-state index >= 15 is 0 Å². The van der Waals surface area contributed by atoms with E-state index < -0.39 is 6.17 Å². The molecule has 198 valence electrons. The molecule has 1 N–H and O–H groups in total. The fourth-order valence-corrected chi connectivity index (χ4v) is 4.52. The fraction of sp³-hybridized carbons (Fsp3) is 0.414. The molecule has 1 aromatic carbocycles. The standard InChI is InChI=1S/C21H30FN3S.C6H4ClF.C2H6/c1-6-10-26-17(4)21-24-13-19(15(2)8-7-9-16(3)22)20-11-18(12-23-5)14-25(20)21;7-5-2-1-3-6(8)4-5;1-2/h6-8,10,16,18,23H,2,4,9,11-14H2,1,3,5H3;1-4H;1-2H3/b8-7-,10-6-;;. The van der Waals surface area contributed by atoms with Crippen molar-refractivity contribution in [2.75, 3.05) is 26.7 Å². The van der Waals surface area contributed by atoms with Crippen molar-refractivity contribution in [2.24, 2.45) is 10.9 Å². The predicted molar refractivity (Wildman–Crippen MR) is 156 cm³/mol. The third kappa shape index (κ3) is 10.5. The highest BCUT2D eigenvalue weighted by Crippen LogP contribution is 2.37. The molecule has 0 spiro atoms. The number of nitrogens with zero attached hydrogens (tertiary/aromatic N) is 2. The first kappa shape index (κ1) is 31.9. The Bertz CT molecular complexity index is 965. The van der Waals surface area contributed by atoms with Gasteiger partial charge in [-0.3, -0.25) is 4.99 Å². The molecule has 2 aliphatic rings. The maximum Gasteiger partial charge on any atom is 0.141 e. The topological polar surface area (TPSA) is 27.6 Å². The van der Waals surface area contributed by atoms with Crippen molar-refractivity contribution in [3.8, 4) is 0 Å². The van der Waals surface area contributed by atoms with Gasteiger partial charge in [-0.2, -0.15) is 0 Å². The summed E-state index contributed by atoms with van der Waals surface area (Å²) in [4.78, 5) is 8.08. The summed E-state index contributed by atoms with van der Waals surface area (Å²) in [6.07, 6.45) is 6.40. The average Bonchev–Trinajstić information content (AvgIpc) is 3.27. The minimum Gasteiger partial charge on any atom is -0.329 e. The van der Waals surface area contributed by atoms with E-state index in [1.54, 1.807) is 30.8 Å². The molecule has 3 nitrogen and oxygen atoms in total. The fourth-order valence-electron chi connectivity index (χ4n) is 3.76. The van der Waals surface area contributed by atoms with Crippen molar-refractivity contribution in [3.05, 3.63) is 93.6 Å². The van der Waals surface area contributed by atoms with Gasteiger partial charge < -0.3 is 10.2 Å². The first-order chi connectivity index (χ1) is 17.3. The highest BCUT2D eigenvalue weighted by Gasteiger charge is 2.34. The molecule has 0 bridgehead atoms. The minimum atomic E-state index is -0.831. The Hall–Kier alpha value is -2.15. The molecule has 1 aromatic rings. The Morgan fingerprint density at radius 3 is 2.64 bits per heavy atom. The number of fused-ring (bicyclic) bond motifs is 1. The number of hydrogen-bond donors (Lipinski definition) is 1. The summed E-state index contributed by atoms with van der Waals surface area (Å²) in [5.41, 5.74) is 3.39. The summed E-state index contributed by atoms with van der Waals surface area (Å²) >= 11 is 7.01. The molecule has 2 heterocycles. The van der Waals surface area contributed by atoms with E-state index in [1.165, 1.54) is 23.4 Å². The number of allylic oxidation sites excluding steroid dienone is 4. The zero-order chi connectivity index (χ0) is 27.1. The lowest BCUT2D eigenvalue weighted by atomic mass is 9.99. The van der Waals surface area contributed by atoms with E-state index in [0.29, 0.717) is 23.9 Å². The van der Waals surface area contributed by atoms with Crippen LogP contribution in [0.1, 0.15) is 40.5 Å². The van der Waals surface area contributed by atoms with E-state index in [-0.39, 0.29) is 5.82 Å². The van der Waals surface area contributed by atoms with Crippen molar-refractivity contribution in [1.29, 1.82) is 0 Å². The van der Waals surface area contributed by atoms with E-state index in [9.17, 15) is 8.78 Å². The van der Waals surface area contributed by atoms with Crippen molar-refractivity contribution in [2.45, 2.75) is 46.7 Å². The van der Waals surface area contributed by atoms with Crippen LogP contribution in [-0.2, 0) is 0 Å². The molecule has 0 aliphatic carbocycles. The van der Waals surface area contributed by atoms with E-state index in [2.05, 4.69) is 23.4 Å². The lowest BCUT2D eigenvalue weighted by Crippen LogP contribution is -2.33. The van der Waals surface area contributed by atoms with Gasteiger partial charge in [0.25, 0.3) is 0 Å². The Kier molecular flexibility index (Phi) is 15.3. The van der Waals surface area contributed by atoms with Crippen LogP contribution in [0, 0.1) is 11.7 Å². The SMILES string of the molecule is C=C(/C=C\CC(C)F)C1=C2CC(CNC)CN2C(C(=C)S/C=C\C)=NC1.CC.Fc1cccc(Cl)c1. The number of aliphatic imine (C=N–C) groups is 1. The molecule has 0 amide bonds. The van der Waals surface area contributed by atoms with Crippen LogP contribution in [0.25, 0.3) is 0 Å². The molecular weight excluding hydrogens is 496 g/mol. The lowest BCUT2D eigenvalue weighted by Gasteiger charge is -2.29. The molecule has 3 rings (SSSR count). The molecule has 2 unspecified atom stereocenters. The first-order valence-electron chi connectivity index (χ1n) is 12.3. The molecule has 0 radical (unpaired) electrons. The van der Waals surface area contributed by atoms with Crippen molar-refractivity contribution in [1.82, 2.24) is 10.2 Å². The average molecular weight is 536 g/mol. The van der Waals surface area contributed by atoms with Gasteiger partial charge in [0.2, 0.25) is 0 Å². The summed E-state index contributed by atoms with van der Waals surface area (Å²) < 4.78 is 25.1. The number of alkyl halides is 1. The zero-order valence-corrected chi connectivity index (χ0v) is 23.7. The zero-order valence-electron chi connectivity index (χ0n) is 22.2. The molecule has 0 aromatic heterocycles. The number of rotatable bonds is 9. The Morgan fingerprint density at radius 1 is 1.36 bits per heavy atom. The molecule has 1 saturated heterocycles. The highest BCUT2D eigenvalue weighted by molar-refractivity contribution is 8.06. The number of halogens is 3. The van der Waals surface area contributed by atoms with Crippen LogP contribution in [0.2, 0.25) is 5.02 Å². The van der Waals surface area contributed by atoms with Gasteiger partial charge in [-0.25, -0.2) is 8.78 Å². The summed E-state index contributed by atoms with van der Waals surface area (Å²) in [5, 5.41) is 5.75. The number of amidine groups is 1. The first-order valence-corrected chi connectivity index (χ1v) is 13.6. The van der Waals surface area contributed by atoms with Crippen LogP contribution in [0.15, 0.2) is 87.8 Å². The second kappa shape index (κ2) is 17.3.